The Hall–Kier alpha value is -2.76. The van der Waals surface area contributed by atoms with Crippen molar-refractivity contribution in [2.45, 2.75) is 27.2 Å². The molecule has 0 aromatic carbocycles. The highest BCUT2D eigenvalue weighted by molar-refractivity contribution is 5.93. The molecule has 0 aliphatic rings. The van der Waals surface area contributed by atoms with Crippen LogP contribution in [0.25, 0.3) is 11.1 Å². The zero-order chi connectivity index (χ0) is 17.0. The van der Waals surface area contributed by atoms with Gasteiger partial charge in [0.1, 0.15) is 5.82 Å². The Morgan fingerprint density at radius 2 is 1.87 bits per heavy atom. The largest absolute Gasteiger partial charge is 0.481 e. The van der Waals surface area contributed by atoms with Gasteiger partial charge in [-0.2, -0.15) is 0 Å². The van der Waals surface area contributed by atoms with Gasteiger partial charge in [0.2, 0.25) is 5.91 Å². The van der Waals surface area contributed by atoms with Crippen molar-refractivity contribution in [3.05, 3.63) is 42.4 Å². The Labute approximate surface area is 134 Å². The fourth-order valence-electron chi connectivity index (χ4n) is 1.86. The number of pyridine rings is 2. The van der Waals surface area contributed by atoms with Gasteiger partial charge in [0, 0.05) is 35.1 Å². The fraction of sp³-hybridized carbons (Fsp3) is 0.294. The molecular weight excluding hydrogens is 294 g/mol. The predicted molar refractivity (Wildman–Crippen MR) is 86.9 cm³/mol. The lowest BCUT2D eigenvalue weighted by Crippen LogP contribution is -2.27. The van der Waals surface area contributed by atoms with Gasteiger partial charge in [0.25, 0.3) is 0 Å². The van der Waals surface area contributed by atoms with Crippen LogP contribution in [-0.2, 0) is 16.0 Å². The van der Waals surface area contributed by atoms with Crippen LogP contribution < -0.4 is 5.32 Å². The number of aliphatic carboxylic acids is 1. The molecule has 2 rings (SSSR count). The molecule has 0 bridgehead atoms. The van der Waals surface area contributed by atoms with E-state index in [1.54, 1.807) is 24.5 Å². The average molecular weight is 313 g/mol. The molecule has 2 N–H and O–H groups in total. The van der Waals surface area contributed by atoms with Crippen molar-refractivity contribution in [2.24, 2.45) is 5.41 Å². The summed E-state index contributed by atoms with van der Waals surface area (Å²) in [7, 11) is 0. The molecule has 6 heteroatoms. The molecule has 0 spiro atoms. The molecule has 120 valence electrons. The second-order valence-corrected chi connectivity index (χ2v) is 6.29. The SMILES string of the molecule is CC(C)(C)C(=O)Nc1ccc(-c2cncc(CC(=O)O)c2)cn1. The highest BCUT2D eigenvalue weighted by Gasteiger charge is 2.21. The summed E-state index contributed by atoms with van der Waals surface area (Å²) in [5, 5.41) is 11.6. The first kappa shape index (κ1) is 16.6. The molecule has 0 saturated carbocycles. The first-order valence-corrected chi connectivity index (χ1v) is 7.19. The molecule has 0 fully saturated rings. The molecule has 0 atom stereocenters. The molecule has 2 heterocycles. The normalized spacial score (nSPS) is 11.1. The summed E-state index contributed by atoms with van der Waals surface area (Å²) < 4.78 is 0. The first-order valence-electron chi connectivity index (χ1n) is 7.19. The van der Waals surface area contributed by atoms with Crippen molar-refractivity contribution in [2.75, 3.05) is 5.32 Å². The highest BCUT2D eigenvalue weighted by Crippen LogP contribution is 2.21. The second-order valence-electron chi connectivity index (χ2n) is 6.29. The number of nitrogens with zero attached hydrogens (tertiary/aromatic N) is 2. The Bertz CT molecular complexity index is 719. The molecule has 6 nitrogen and oxygen atoms in total. The van der Waals surface area contributed by atoms with E-state index in [0.717, 1.165) is 11.1 Å². The Kier molecular flexibility index (Phi) is 4.74. The van der Waals surface area contributed by atoms with Gasteiger partial charge in [0.05, 0.1) is 6.42 Å². The van der Waals surface area contributed by atoms with Gasteiger partial charge in [-0.25, -0.2) is 4.98 Å². The van der Waals surface area contributed by atoms with Crippen LogP contribution in [0.1, 0.15) is 26.3 Å². The van der Waals surface area contributed by atoms with Crippen molar-refractivity contribution < 1.29 is 14.7 Å². The molecule has 0 saturated heterocycles. The number of carbonyl (C=O) groups is 2. The van der Waals surface area contributed by atoms with Crippen LogP contribution in [0.15, 0.2) is 36.8 Å². The fourth-order valence-corrected chi connectivity index (χ4v) is 1.86. The van der Waals surface area contributed by atoms with E-state index in [2.05, 4.69) is 15.3 Å². The van der Waals surface area contributed by atoms with Crippen LogP contribution in [0, 0.1) is 5.41 Å². The van der Waals surface area contributed by atoms with E-state index in [-0.39, 0.29) is 12.3 Å². The minimum Gasteiger partial charge on any atom is -0.481 e. The lowest BCUT2D eigenvalue weighted by atomic mass is 9.96. The van der Waals surface area contributed by atoms with Crippen LogP contribution in [0.5, 0.6) is 0 Å². The minimum absolute atomic E-state index is 0.0754. The number of nitrogens with one attached hydrogen (secondary N) is 1. The van der Waals surface area contributed by atoms with Crippen molar-refractivity contribution >= 4 is 17.7 Å². The summed E-state index contributed by atoms with van der Waals surface area (Å²) in [5.41, 5.74) is 1.72. The van der Waals surface area contributed by atoms with Crippen molar-refractivity contribution in [3.8, 4) is 11.1 Å². The third-order valence-electron chi connectivity index (χ3n) is 3.17. The maximum Gasteiger partial charge on any atom is 0.307 e. The van der Waals surface area contributed by atoms with Crippen LogP contribution in [0.3, 0.4) is 0 Å². The molecule has 0 aliphatic heterocycles. The zero-order valence-electron chi connectivity index (χ0n) is 13.3. The maximum absolute atomic E-state index is 11.9. The Morgan fingerprint density at radius 1 is 1.13 bits per heavy atom. The number of rotatable bonds is 4. The van der Waals surface area contributed by atoms with E-state index in [1.807, 2.05) is 26.8 Å². The number of hydrogen-bond donors (Lipinski definition) is 2. The first-order chi connectivity index (χ1) is 10.8. The van der Waals surface area contributed by atoms with Crippen LogP contribution in [-0.4, -0.2) is 27.0 Å². The predicted octanol–water partition coefficient (Wildman–Crippen LogP) is 2.76. The number of hydrogen-bond acceptors (Lipinski definition) is 4. The number of carboxylic acid groups (broad SMARTS) is 1. The molecule has 2 aromatic rings. The van der Waals surface area contributed by atoms with Gasteiger partial charge in [-0.3, -0.25) is 14.6 Å². The summed E-state index contributed by atoms with van der Waals surface area (Å²) >= 11 is 0. The van der Waals surface area contributed by atoms with Crippen molar-refractivity contribution in [1.29, 1.82) is 0 Å². The number of carbonyl (C=O) groups excluding carboxylic acids is 1. The van der Waals surface area contributed by atoms with E-state index >= 15 is 0 Å². The Morgan fingerprint density at radius 3 is 2.43 bits per heavy atom. The molecule has 0 aliphatic carbocycles. The van der Waals surface area contributed by atoms with E-state index in [4.69, 9.17) is 5.11 Å². The maximum atomic E-state index is 11.9. The molecular formula is C17H19N3O3. The standard InChI is InChI=1S/C17H19N3O3/c1-17(2,3)16(23)20-14-5-4-12(10-19-14)13-6-11(7-15(21)22)8-18-9-13/h4-6,8-10H,7H2,1-3H3,(H,21,22)(H,19,20,23). The molecule has 2 aromatic heterocycles. The van der Waals surface area contributed by atoms with Gasteiger partial charge in [-0.1, -0.05) is 20.8 Å². The van der Waals surface area contributed by atoms with E-state index in [0.29, 0.717) is 11.4 Å². The van der Waals surface area contributed by atoms with E-state index < -0.39 is 11.4 Å². The summed E-state index contributed by atoms with van der Waals surface area (Å²) in [6, 6.07) is 5.29. The lowest BCUT2D eigenvalue weighted by Gasteiger charge is -2.17. The lowest BCUT2D eigenvalue weighted by molar-refractivity contribution is -0.136. The second kappa shape index (κ2) is 6.56. The number of aromatic nitrogens is 2. The quantitative estimate of drug-likeness (QED) is 0.905. The molecule has 0 unspecified atom stereocenters. The number of carboxylic acids is 1. The summed E-state index contributed by atoms with van der Waals surface area (Å²) in [6.07, 6.45) is 4.73. The van der Waals surface area contributed by atoms with E-state index in [9.17, 15) is 9.59 Å². The smallest absolute Gasteiger partial charge is 0.307 e. The summed E-state index contributed by atoms with van der Waals surface area (Å²) in [6.45, 7) is 5.49. The highest BCUT2D eigenvalue weighted by atomic mass is 16.4. The average Bonchev–Trinajstić information content (AvgIpc) is 2.46. The zero-order valence-corrected chi connectivity index (χ0v) is 13.3. The monoisotopic (exact) mass is 313 g/mol. The van der Waals surface area contributed by atoms with Crippen LogP contribution in [0.4, 0.5) is 5.82 Å². The topological polar surface area (TPSA) is 92.2 Å². The van der Waals surface area contributed by atoms with Gasteiger partial charge in [-0.05, 0) is 23.8 Å². The minimum atomic E-state index is -0.901. The van der Waals surface area contributed by atoms with Gasteiger partial charge < -0.3 is 10.4 Å². The van der Waals surface area contributed by atoms with Gasteiger partial charge in [-0.15, -0.1) is 0 Å². The Balaban J connectivity index is 2.16. The number of anilines is 1. The van der Waals surface area contributed by atoms with Crippen LogP contribution in [0.2, 0.25) is 0 Å². The van der Waals surface area contributed by atoms with Gasteiger partial charge in [0.15, 0.2) is 0 Å². The molecule has 0 radical (unpaired) electrons. The number of amides is 1. The molecule has 1 amide bonds. The summed E-state index contributed by atoms with van der Waals surface area (Å²) in [5.74, 6) is -0.534. The van der Waals surface area contributed by atoms with Crippen LogP contribution >= 0.6 is 0 Å². The van der Waals surface area contributed by atoms with Gasteiger partial charge >= 0.3 is 5.97 Å². The van der Waals surface area contributed by atoms with Crippen molar-refractivity contribution in [1.82, 2.24) is 9.97 Å². The van der Waals surface area contributed by atoms with E-state index in [1.165, 1.54) is 6.20 Å². The van der Waals surface area contributed by atoms with Crippen molar-refractivity contribution in [3.63, 3.8) is 0 Å². The third kappa shape index (κ3) is 4.60. The summed E-state index contributed by atoms with van der Waals surface area (Å²) in [4.78, 5) is 31.0. The molecule has 23 heavy (non-hydrogen) atoms. The third-order valence-corrected chi connectivity index (χ3v) is 3.17.